The third-order valence-electron chi connectivity index (χ3n) is 3.96. The monoisotopic (exact) mass is 242 g/mol. The van der Waals surface area contributed by atoms with Crippen molar-refractivity contribution in [3.05, 3.63) is 0 Å². The van der Waals surface area contributed by atoms with Gasteiger partial charge in [-0.1, -0.05) is 0 Å². The van der Waals surface area contributed by atoms with Crippen LogP contribution in [-0.4, -0.2) is 62.0 Å². The first-order valence-electron chi connectivity index (χ1n) is 7.03. The van der Waals surface area contributed by atoms with E-state index >= 15 is 0 Å². The fourth-order valence-corrected chi connectivity index (χ4v) is 2.72. The highest BCUT2D eigenvalue weighted by molar-refractivity contribution is 4.73. The number of nitrogens with zero attached hydrogens (tertiary/aromatic N) is 1. The summed E-state index contributed by atoms with van der Waals surface area (Å²) in [5.74, 6) is 0.781. The van der Waals surface area contributed by atoms with E-state index in [2.05, 4.69) is 10.2 Å². The Morgan fingerprint density at radius 1 is 1.12 bits per heavy atom. The number of ether oxygens (including phenoxy) is 1. The van der Waals surface area contributed by atoms with E-state index in [1.807, 2.05) is 0 Å². The SMILES string of the molecule is OC1CCC(CNCCN2CCOCC2)CC1. The Balaban J connectivity index is 1.48. The largest absolute Gasteiger partial charge is 0.393 e. The summed E-state index contributed by atoms with van der Waals surface area (Å²) in [6.45, 7) is 7.28. The molecule has 0 amide bonds. The smallest absolute Gasteiger partial charge is 0.0594 e. The predicted octanol–water partition coefficient (Wildman–Crippen LogP) is 0.459. The molecule has 2 aliphatic rings. The number of hydrogen-bond acceptors (Lipinski definition) is 4. The highest BCUT2D eigenvalue weighted by atomic mass is 16.5. The highest BCUT2D eigenvalue weighted by Crippen LogP contribution is 2.23. The van der Waals surface area contributed by atoms with E-state index < -0.39 is 0 Å². The highest BCUT2D eigenvalue weighted by Gasteiger charge is 2.18. The molecule has 1 heterocycles. The summed E-state index contributed by atoms with van der Waals surface area (Å²) < 4.78 is 5.33. The molecule has 2 N–H and O–H groups in total. The van der Waals surface area contributed by atoms with Gasteiger partial charge in [0.2, 0.25) is 0 Å². The number of morpholine rings is 1. The maximum Gasteiger partial charge on any atom is 0.0594 e. The molecule has 100 valence electrons. The van der Waals surface area contributed by atoms with Gasteiger partial charge in [-0.05, 0) is 38.1 Å². The number of aliphatic hydroxyl groups is 1. The molecule has 4 nitrogen and oxygen atoms in total. The molecule has 1 aliphatic carbocycles. The second-order valence-electron chi connectivity index (χ2n) is 5.33. The minimum Gasteiger partial charge on any atom is -0.393 e. The van der Waals surface area contributed by atoms with Gasteiger partial charge in [0.05, 0.1) is 19.3 Å². The van der Waals surface area contributed by atoms with Gasteiger partial charge in [-0.3, -0.25) is 4.90 Å². The first-order valence-corrected chi connectivity index (χ1v) is 7.03. The van der Waals surface area contributed by atoms with Gasteiger partial charge in [0.1, 0.15) is 0 Å². The minimum atomic E-state index is -0.0281. The van der Waals surface area contributed by atoms with E-state index in [1.165, 1.54) is 12.8 Å². The van der Waals surface area contributed by atoms with Gasteiger partial charge in [0.15, 0.2) is 0 Å². The van der Waals surface area contributed by atoms with Gasteiger partial charge in [-0.2, -0.15) is 0 Å². The Hall–Kier alpha value is -0.160. The molecular formula is C13H26N2O2. The van der Waals surface area contributed by atoms with Crippen LogP contribution in [0.4, 0.5) is 0 Å². The molecule has 2 rings (SSSR count). The van der Waals surface area contributed by atoms with Crippen molar-refractivity contribution in [3.8, 4) is 0 Å². The van der Waals surface area contributed by atoms with Crippen molar-refractivity contribution in [1.29, 1.82) is 0 Å². The Bertz CT molecular complexity index is 200. The lowest BCUT2D eigenvalue weighted by Crippen LogP contribution is -2.41. The van der Waals surface area contributed by atoms with Crippen LogP contribution in [0.1, 0.15) is 25.7 Å². The molecule has 17 heavy (non-hydrogen) atoms. The fourth-order valence-electron chi connectivity index (χ4n) is 2.72. The van der Waals surface area contributed by atoms with Crippen molar-refractivity contribution in [1.82, 2.24) is 10.2 Å². The zero-order valence-electron chi connectivity index (χ0n) is 10.7. The molecule has 1 saturated heterocycles. The number of hydrogen-bond donors (Lipinski definition) is 2. The Morgan fingerprint density at radius 3 is 2.53 bits per heavy atom. The maximum absolute atomic E-state index is 9.43. The maximum atomic E-state index is 9.43. The molecule has 1 saturated carbocycles. The molecule has 0 spiro atoms. The van der Waals surface area contributed by atoms with Gasteiger partial charge in [0.25, 0.3) is 0 Å². The van der Waals surface area contributed by atoms with Crippen molar-refractivity contribution in [2.75, 3.05) is 45.9 Å². The van der Waals surface area contributed by atoms with Crippen LogP contribution >= 0.6 is 0 Å². The molecule has 0 atom stereocenters. The Kier molecular flexibility index (Phi) is 5.71. The van der Waals surface area contributed by atoms with Crippen LogP contribution in [0.15, 0.2) is 0 Å². The second-order valence-corrected chi connectivity index (χ2v) is 5.33. The van der Waals surface area contributed by atoms with E-state index in [-0.39, 0.29) is 6.10 Å². The number of rotatable bonds is 5. The lowest BCUT2D eigenvalue weighted by molar-refractivity contribution is 0.0382. The lowest BCUT2D eigenvalue weighted by Gasteiger charge is -2.28. The van der Waals surface area contributed by atoms with Gasteiger partial charge < -0.3 is 15.2 Å². The molecule has 4 heteroatoms. The first-order chi connectivity index (χ1) is 8.34. The summed E-state index contributed by atoms with van der Waals surface area (Å²) in [4.78, 5) is 2.46. The molecule has 0 radical (unpaired) electrons. The average Bonchev–Trinajstić information content (AvgIpc) is 2.38. The topological polar surface area (TPSA) is 44.7 Å². The number of aliphatic hydroxyl groups excluding tert-OH is 1. The van der Waals surface area contributed by atoms with Gasteiger partial charge in [0, 0.05) is 26.2 Å². The van der Waals surface area contributed by atoms with Gasteiger partial charge in [-0.15, -0.1) is 0 Å². The van der Waals surface area contributed by atoms with Crippen LogP contribution in [-0.2, 0) is 4.74 Å². The van der Waals surface area contributed by atoms with Crippen molar-refractivity contribution >= 4 is 0 Å². The summed E-state index contributed by atoms with van der Waals surface area (Å²) in [6, 6.07) is 0. The van der Waals surface area contributed by atoms with Crippen LogP contribution in [0.2, 0.25) is 0 Å². The zero-order valence-corrected chi connectivity index (χ0v) is 10.7. The van der Waals surface area contributed by atoms with E-state index in [9.17, 15) is 5.11 Å². The fraction of sp³-hybridized carbons (Fsp3) is 1.00. The molecule has 0 unspecified atom stereocenters. The van der Waals surface area contributed by atoms with Crippen LogP contribution in [0, 0.1) is 5.92 Å². The van der Waals surface area contributed by atoms with Crippen LogP contribution in [0.25, 0.3) is 0 Å². The van der Waals surface area contributed by atoms with Crippen LogP contribution in [0.3, 0.4) is 0 Å². The molecular weight excluding hydrogens is 216 g/mol. The van der Waals surface area contributed by atoms with Crippen LogP contribution < -0.4 is 5.32 Å². The van der Waals surface area contributed by atoms with Gasteiger partial charge in [-0.25, -0.2) is 0 Å². The average molecular weight is 242 g/mol. The standard InChI is InChI=1S/C13H26N2O2/c16-13-3-1-12(2-4-13)11-14-5-6-15-7-9-17-10-8-15/h12-14,16H,1-11H2. The number of nitrogens with one attached hydrogen (secondary N) is 1. The van der Waals surface area contributed by atoms with E-state index in [4.69, 9.17) is 4.74 Å². The predicted molar refractivity (Wildman–Crippen MR) is 68.1 cm³/mol. The van der Waals surface area contributed by atoms with Gasteiger partial charge >= 0.3 is 0 Å². The molecule has 0 aromatic heterocycles. The summed E-state index contributed by atoms with van der Waals surface area (Å²) in [6.07, 6.45) is 4.34. The minimum absolute atomic E-state index is 0.0281. The zero-order chi connectivity index (χ0) is 11.9. The van der Waals surface area contributed by atoms with E-state index in [0.717, 1.165) is 64.7 Å². The summed E-state index contributed by atoms with van der Waals surface area (Å²) >= 11 is 0. The molecule has 2 fully saturated rings. The second kappa shape index (κ2) is 7.31. The lowest BCUT2D eigenvalue weighted by atomic mass is 9.87. The quantitative estimate of drug-likeness (QED) is 0.688. The molecule has 0 aromatic rings. The third kappa shape index (κ3) is 4.92. The molecule has 0 bridgehead atoms. The van der Waals surface area contributed by atoms with Crippen molar-refractivity contribution in [2.45, 2.75) is 31.8 Å². The summed E-state index contributed by atoms with van der Waals surface area (Å²) in [5.41, 5.74) is 0. The summed E-state index contributed by atoms with van der Waals surface area (Å²) in [5, 5.41) is 13.0. The van der Waals surface area contributed by atoms with E-state index in [0.29, 0.717) is 0 Å². The molecule has 1 aliphatic heterocycles. The summed E-state index contributed by atoms with van der Waals surface area (Å²) in [7, 11) is 0. The Labute approximate surface area is 104 Å². The van der Waals surface area contributed by atoms with Crippen molar-refractivity contribution in [2.24, 2.45) is 5.92 Å². The first kappa shape index (κ1) is 13.3. The third-order valence-corrected chi connectivity index (χ3v) is 3.96. The van der Waals surface area contributed by atoms with Crippen molar-refractivity contribution < 1.29 is 9.84 Å². The van der Waals surface area contributed by atoms with Crippen LogP contribution in [0.5, 0.6) is 0 Å². The van der Waals surface area contributed by atoms with Crippen molar-refractivity contribution in [3.63, 3.8) is 0 Å². The Morgan fingerprint density at radius 2 is 1.82 bits per heavy atom. The van der Waals surface area contributed by atoms with E-state index in [1.54, 1.807) is 0 Å². The molecule has 0 aromatic carbocycles. The normalized spacial score (nSPS) is 31.6.